The Bertz CT molecular complexity index is 1080. The van der Waals surface area contributed by atoms with Crippen LogP contribution in [0.5, 0.6) is 0 Å². The Morgan fingerprint density at radius 2 is 1.89 bits per heavy atom. The van der Waals surface area contributed by atoms with Crippen LogP contribution < -0.4 is 0 Å². The van der Waals surface area contributed by atoms with E-state index in [0.717, 1.165) is 33.9 Å². The van der Waals surface area contributed by atoms with E-state index in [0.29, 0.717) is 12.2 Å². The van der Waals surface area contributed by atoms with Gasteiger partial charge in [-0.3, -0.25) is 4.98 Å². The number of hydrogen-bond donors (Lipinski definition) is 1. The van der Waals surface area contributed by atoms with E-state index in [1.165, 1.54) is 0 Å². The fourth-order valence-corrected chi connectivity index (χ4v) is 3.19. The Morgan fingerprint density at radius 1 is 1.11 bits per heavy atom. The van der Waals surface area contributed by atoms with Gasteiger partial charge in [-0.25, -0.2) is 9.78 Å². The van der Waals surface area contributed by atoms with E-state index in [1.54, 1.807) is 18.5 Å². The normalized spacial score (nSPS) is 16.0. The highest BCUT2D eigenvalue weighted by Gasteiger charge is 2.21. The van der Waals surface area contributed by atoms with E-state index in [-0.39, 0.29) is 6.10 Å². The van der Waals surface area contributed by atoms with E-state index in [2.05, 4.69) is 9.97 Å². The highest BCUT2D eigenvalue weighted by molar-refractivity contribution is 5.87. The fourth-order valence-electron chi connectivity index (χ4n) is 3.19. The number of allylic oxidation sites excluding steroid dienone is 2. The minimum atomic E-state index is -0.372. The molecule has 5 nitrogen and oxygen atoms in total. The average molecular weight is 369 g/mol. The fraction of sp³-hybridized carbons (Fsp3) is 0.130. The standard InChI is InChI=1S/C23H19N3O2/c1-2-28-20-9-8-18(14-19(20)15-27)22-21(16-10-12-24-13-11-16)25-23(26-22)17-6-4-3-5-7-17/h3-14,20H,2H2,1H3,(H,25,26). The van der Waals surface area contributed by atoms with Crippen LogP contribution in [0.15, 0.2) is 78.7 Å². The Kier molecular flexibility index (Phi) is 5.11. The molecule has 3 aromatic rings. The van der Waals surface area contributed by atoms with Crippen molar-refractivity contribution in [1.82, 2.24) is 15.0 Å². The number of nitrogens with zero attached hydrogens (tertiary/aromatic N) is 2. The number of hydrogen-bond acceptors (Lipinski definition) is 4. The second-order valence-corrected chi connectivity index (χ2v) is 6.30. The maximum atomic E-state index is 11.4. The van der Waals surface area contributed by atoms with Gasteiger partial charge in [0.2, 0.25) is 0 Å². The van der Waals surface area contributed by atoms with Crippen molar-refractivity contribution in [1.29, 1.82) is 0 Å². The van der Waals surface area contributed by atoms with Crippen molar-refractivity contribution in [2.24, 2.45) is 0 Å². The summed E-state index contributed by atoms with van der Waals surface area (Å²) >= 11 is 0. The van der Waals surface area contributed by atoms with Crippen molar-refractivity contribution in [3.05, 3.63) is 84.4 Å². The molecule has 1 atom stereocenters. The first-order chi connectivity index (χ1) is 13.8. The Labute approximate surface area is 163 Å². The molecule has 0 bridgehead atoms. The highest BCUT2D eigenvalue weighted by Crippen LogP contribution is 2.33. The summed E-state index contributed by atoms with van der Waals surface area (Å²) in [5, 5.41) is 0. The molecule has 0 spiro atoms. The summed E-state index contributed by atoms with van der Waals surface area (Å²) < 4.78 is 5.59. The van der Waals surface area contributed by atoms with Gasteiger partial charge < -0.3 is 9.72 Å². The van der Waals surface area contributed by atoms with Crippen LogP contribution in [0, 0.1) is 0 Å². The second-order valence-electron chi connectivity index (χ2n) is 6.30. The van der Waals surface area contributed by atoms with Gasteiger partial charge in [0.15, 0.2) is 0 Å². The predicted octanol–water partition coefficient (Wildman–Crippen LogP) is 4.26. The smallest absolute Gasteiger partial charge is 0.138 e. The molecule has 0 saturated heterocycles. The summed E-state index contributed by atoms with van der Waals surface area (Å²) in [7, 11) is 0. The summed E-state index contributed by atoms with van der Waals surface area (Å²) in [5.41, 5.74) is 4.89. The summed E-state index contributed by atoms with van der Waals surface area (Å²) in [6, 6.07) is 13.8. The van der Waals surface area contributed by atoms with Crippen molar-refractivity contribution in [2.75, 3.05) is 6.61 Å². The van der Waals surface area contributed by atoms with Crippen molar-refractivity contribution in [3.8, 4) is 22.6 Å². The molecule has 1 unspecified atom stereocenters. The first-order valence-electron chi connectivity index (χ1n) is 9.13. The third-order valence-electron chi connectivity index (χ3n) is 4.53. The van der Waals surface area contributed by atoms with Crippen LogP contribution in [0.2, 0.25) is 0 Å². The summed E-state index contributed by atoms with van der Waals surface area (Å²) in [5.74, 6) is 2.77. The zero-order valence-electron chi connectivity index (χ0n) is 15.4. The molecule has 138 valence electrons. The topological polar surface area (TPSA) is 67.9 Å². The highest BCUT2D eigenvalue weighted by atomic mass is 16.5. The number of carbonyl (C=O) groups excluding carboxylic acids is 1. The molecular weight excluding hydrogens is 350 g/mol. The number of benzene rings is 1. The predicted molar refractivity (Wildman–Crippen MR) is 109 cm³/mol. The van der Waals surface area contributed by atoms with E-state index in [1.807, 2.05) is 67.5 Å². The van der Waals surface area contributed by atoms with Gasteiger partial charge in [0.25, 0.3) is 0 Å². The quantitative estimate of drug-likeness (QED) is 0.683. The molecule has 4 rings (SSSR count). The molecule has 1 aliphatic carbocycles. The number of H-pyrrole nitrogens is 1. The molecular formula is C23H19N3O2. The monoisotopic (exact) mass is 369 g/mol. The molecule has 0 saturated carbocycles. The molecule has 2 heterocycles. The van der Waals surface area contributed by atoms with Crippen LogP contribution in [0.25, 0.3) is 28.2 Å². The van der Waals surface area contributed by atoms with E-state index in [4.69, 9.17) is 9.72 Å². The zero-order valence-corrected chi connectivity index (χ0v) is 15.4. The molecule has 1 N–H and O–H groups in total. The van der Waals surface area contributed by atoms with Gasteiger partial charge in [0, 0.05) is 35.7 Å². The summed E-state index contributed by atoms with van der Waals surface area (Å²) in [6.07, 6.45) is 8.72. The van der Waals surface area contributed by atoms with Crippen LogP contribution in [0.3, 0.4) is 0 Å². The third kappa shape index (κ3) is 3.49. The van der Waals surface area contributed by atoms with Gasteiger partial charge in [-0.05, 0) is 25.1 Å². The van der Waals surface area contributed by atoms with Crippen molar-refractivity contribution >= 4 is 11.5 Å². The number of nitrogens with one attached hydrogen (secondary N) is 1. The number of ether oxygens (including phenoxy) is 1. The van der Waals surface area contributed by atoms with Gasteiger partial charge >= 0.3 is 0 Å². The zero-order chi connectivity index (χ0) is 19.3. The number of rotatable bonds is 5. The van der Waals surface area contributed by atoms with Crippen LogP contribution in [-0.2, 0) is 9.53 Å². The van der Waals surface area contributed by atoms with Crippen molar-refractivity contribution in [2.45, 2.75) is 13.0 Å². The van der Waals surface area contributed by atoms with Crippen LogP contribution in [0.1, 0.15) is 12.6 Å². The van der Waals surface area contributed by atoms with Crippen LogP contribution in [0.4, 0.5) is 0 Å². The maximum Gasteiger partial charge on any atom is 0.138 e. The van der Waals surface area contributed by atoms with Crippen molar-refractivity contribution < 1.29 is 9.53 Å². The van der Waals surface area contributed by atoms with Gasteiger partial charge in [-0.15, -0.1) is 0 Å². The summed E-state index contributed by atoms with van der Waals surface area (Å²) in [4.78, 5) is 23.8. The molecule has 1 aliphatic rings. The lowest BCUT2D eigenvalue weighted by Crippen LogP contribution is -2.15. The minimum Gasteiger partial charge on any atom is -0.369 e. The second kappa shape index (κ2) is 8.01. The van der Waals surface area contributed by atoms with Crippen LogP contribution >= 0.6 is 0 Å². The van der Waals surface area contributed by atoms with E-state index in [9.17, 15) is 4.79 Å². The van der Waals surface area contributed by atoms with E-state index < -0.39 is 0 Å². The number of aromatic amines is 1. The largest absolute Gasteiger partial charge is 0.369 e. The molecule has 28 heavy (non-hydrogen) atoms. The van der Waals surface area contributed by atoms with Crippen molar-refractivity contribution in [3.63, 3.8) is 0 Å². The number of imidazole rings is 1. The summed E-state index contributed by atoms with van der Waals surface area (Å²) in [6.45, 7) is 2.42. The first-order valence-corrected chi connectivity index (χ1v) is 9.13. The van der Waals surface area contributed by atoms with Crippen LogP contribution in [-0.4, -0.2) is 33.6 Å². The molecule has 5 heteroatoms. The SMILES string of the molecule is CCOC1C=CC(c2nc(-c3ccccc3)[nH]c2-c2ccncc2)=CC1=C=O. The molecule has 0 aliphatic heterocycles. The van der Waals surface area contributed by atoms with Gasteiger partial charge in [-0.2, -0.15) is 0 Å². The molecule has 0 amide bonds. The molecule has 0 fully saturated rings. The maximum absolute atomic E-state index is 11.4. The first kappa shape index (κ1) is 17.9. The minimum absolute atomic E-state index is 0.372. The lowest BCUT2D eigenvalue weighted by Gasteiger charge is -2.17. The van der Waals surface area contributed by atoms with Gasteiger partial charge in [0.1, 0.15) is 17.9 Å². The Morgan fingerprint density at radius 3 is 2.61 bits per heavy atom. The molecule has 1 aromatic carbocycles. The molecule has 2 aromatic heterocycles. The number of aromatic nitrogens is 3. The lowest BCUT2D eigenvalue weighted by molar-refractivity contribution is 0.123. The van der Waals surface area contributed by atoms with Gasteiger partial charge in [0.05, 0.1) is 17.0 Å². The third-order valence-corrected chi connectivity index (χ3v) is 4.53. The average Bonchev–Trinajstić information content (AvgIpc) is 3.21. The molecule has 0 radical (unpaired) electrons. The Balaban J connectivity index is 1.83. The Hall–Kier alpha value is -3.53. The lowest BCUT2D eigenvalue weighted by atomic mass is 9.96. The number of pyridine rings is 1. The van der Waals surface area contributed by atoms with Gasteiger partial charge in [-0.1, -0.05) is 42.5 Å². The van der Waals surface area contributed by atoms with E-state index >= 15 is 0 Å².